The summed E-state index contributed by atoms with van der Waals surface area (Å²) in [6.07, 6.45) is 9.49. The van der Waals surface area contributed by atoms with E-state index in [9.17, 15) is 13.2 Å². The van der Waals surface area contributed by atoms with E-state index < -0.39 is 15.6 Å². The highest BCUT2D eigenvalue weighted by Crippen LogP contribution is 2.43. The van der Waals surface area contributed by atoms with E-state index in [0.717, 1.165) is 24.8 Å². The largest absolute Gasteiger partial charge is 0.379 e. The van der Waals surface area contributed by atoms with Crippen LogP contribution in [0.4, 0.5) is 0 Å². The smallest absolute Gasteiger partial charge is 0.237 e. The molecule has 0 saturated carbocycles. The molecule has 3 atom stereocenters. The van der Waals surface area contributed by atoms with E-state index in [1.54, 1.807) is 25.6 Å². The Bertz CT molecular complexity index is 784. The van der Waals surface area contributed by atoms with Crippen molar-refractivity contribution < 1.29 is 17.9 Å². The minimum absolute atomic E-state index is 0.200. The summed E-state index contributed by atoms with van der Waals surface area (Å²) in [5.41, 5.74) is 5.91. The first-order valence-electron chi connectivity index (χ1n) is 9.51. The van der Waals surface area contributed by atoms with Gasteiger partial charge in [0.15, 0.2) is 0 Å². The van der Waals surface area contributed by atoms with Gasteiger partial charge >= 0.3 is 0 Å². The van der Waals surface area contributed by atoms with E-state index in [2.05, 4.69) is 16.3 Å². The number of nitrogens with two attached hydrogens (primary N) is 1. The number of amides is 1. The van der Waals surface area contributed by atoms with Crippen LogP contribution in [0.1, 0.15) is 31.2 Å². The molecule has 155 valence electrons. The zero-order valence-corrected chi connectivity index (χ0v) is 17.3. The number of sulfonamides is 1. The first-order valence-corrected chi connectivity index (χ1v) is 11.4. The number of piperidine rings is 1. The monoisotopic (exact) mass is 409 g/mol. The molecule has 1 radical (unpaired) electrons. The van der Waals surface area contributed by atoms with Crippen LogP contribution in [0.25, 0.3) is 0 Å². The number of hydrogen-bond donors (Lipinski definition) is 1. The summed E-state index contributed by atoms with van der Waals surface area (Å²) >= 11 is 0. The number of fused-ring (bicyclic) bond motifs is 2. The quantitative estimate of drug-likeness (QED) is 0.638. The highest BCUT2D eigenvalue weighted by Gasteiger charge is 2.53. The van der Waals surface area contributed by atoms with Crippen LogP contribution in [0.5, 0.6) is 0 Å². The van der Waals surface area contributed by atoms with Crippen LogP contribution >= 0.6 is 0 Å². The number of hydrogen-bond acceptors (Lipinski definition) is 6. The number of ether oxygens (including phenoxy) is 1. The van der Waals surface area contributed by atoms with E-state index in [4.69, 9.17) is 10.5 Å². The van der Waals surface area contributed by atoms with Crippen LogP contribution < -0.4 is 5.73 Å². The molecular weight excluding hydrogens is 380 g/mol. The van der Waals surface area contributed by atoms with Crippen molar-refractivity contribution in [1.82, 2.24) is 14.2 Å². The molecule has 3 rings (SSSR count). The van der Waals surface area contributed by atoms with Gasteiger partial charge in [0, 0.05) is 45.2 Å². The Hall–Kier alpha value is -1.55. The number of methoxy groups -OCH3 is 1. The summed E-state index contributed by atoms with van der Waals surface area (Å²) in [6.45, 7) is 0.897. The van der Waals surface area contributed by atoms with Gasteiger partial charge in [-0.25, -0.2) is 8.42 Å². The lowest BCUT2D eigenvalue weighted by Gasteiger charge is -2.44. The molecule has 1 aromatic rings. The van der Waals surface area contributed by atoms with Gasteiger partial charge in [0.05, 0.1) is 12.4 Å². The fourth-order valence-electron chi connectivity index (χ4n) is 4.39. The number of rotatable bonds is 9. The standard InChI is InChI=1S/C19H29N4O4S/c1-27-17(13-22(28(2,25)26)12-15-5-4-10-21-11-15)14-23-16-6-3-8-19(23,9-7-16)18(20)24/h3-5,10-11,16-17H,6-9,12-14H2,1-2H3,(H2,20,24)/t16-,17?,19+/m1/s1. The van der Waals surface area contributed by atoms with Gasteiger partial charge in [0.25, 0.3) is 0 Å². The third-order valence-corrected chi connectivity index (χ3v) is 7.17. The van der Waals surface area contributed by atoms with Gasteiger partial charge < -0.3 is 10.5 Å². The molecule has 3 heterocycles. The second-order valence-corrected chi connectivity index (χ2v) is 9.73. The molecule has 1 unspecified atom stereocenters. The average Bonchev–Trinajstić information content (AvgIpc) is 2.85. The van der Waals surface area contributed by atoms with E-state index in [0.29, 0.717) is 13.0 Å². The number of pyridine rings is 1. The van der Waals surface area contributed by atoms with Crippen molar-refractivity contribution in [2.45, 2.75) is 49.9 Å². The van der Waals surface area contributed by atoms with Crippen molar-refractivity contribution in [3.63, 3.8) is 0 Å². The van der Waals surface area contributed by atoms with Crippen LogP contribution in [0.15, 0.2) is 24.5 Å². The van der Waals surface area contributed by atoms with Crippen molar-refractivity contribution in [1.29, 1.82) is 0 Å². The Kier molecular flexibility index (Phi) is 6.38. The van der Waals surface area contributed by atoms with Gasteiger partial charge in [0.2, 0.25) is 15.9 Å². The van der Waals surface area contributed by atoms with E-state index in [1.807, 2.05) is 6.07 Å². The maximum absolute atomic E-state index is 12.3. The molecule has 9 heteroatoms. The summed E-state index contributed by atoms with van der Waals surface area (Å²) in [5.74, 6) is -0.309. The minimum Gasteiger partial charge on any atom is -0.379 e. The summed E-state index contributed by atoms with van der Waals surface area (Å²) in [6, 6.07) is 3.88. The van der Waals surface area contributed by atoms with Gasteiger partial charge in [-0.3, -0.25) is 14.7 Å². The molecule has 28 heavy (non-hydrogen) atoms. The second-order valence-electron chi connectivity index (χ2n) is 7.74. The van der Waals surface area contributed by atoms with Crippen LogP contribution in [0.2, 0.25) is 0 Å². The van der Waals surface area contributed by atoms with E-state index >= 15 is 0 Å². The molecule has 2 bridgehead atoms. The number of nitrogens with zero attached hydrogens (tertiary/aromatic N) is 3. The third-order valence-electron chi connectivity index (χ3n) is 5.95. The SMILES string of the molecule is COC(CN1[C@@H]2C[CH]C[C@@]1(C(N)=O)CC2)CN(Cc1cccnc1)S(C)(=O)=O. The minimum atomic E-state index is -3.44. The van der Waals surface area contributed by atoms with Gasteiger partial charge in [0.1, 0.15) is 5.54 Å². The topological polar surface area (TPSA) is 106 Å². The predicted octanol–water partition coefficient (Wildman–Crippen LogP) is 0.545. The summed E-state index contributed by atoms with van der Waals surface area (Å²) in [4.78, 5) is 18.4. The van der Waals surface area contributed by atoms with Crippen LogP contribution in [-0.2, 0) is 26.1 Å². The molecule has 0 aromatic carbocycles. The lowest BCUT2D eigenvalue weighted by molar-refractivity contribution is -0.132. The predicted molar refractivity (Wildman–Crippen MR) is 105 cm³/mol. The fourth-order valence-corrected chi connectivity index (χ4v) is 5.21. The Labute approximate surface area is 167 Å². The van der Waals surface area contributed by atoms with Crippen molar-refractivity contribution >= 4 is 15.9 Å². The summed E-state index contributed by atoms with van der Waals surface area (Å²) < 4.78 is 31.7. The molecule has 1 amide bonds. The molecule has 1 aromatic heterocycles. The van der Waals surface area contributed by atoms with Gasteiger partial charge in [-0.1, -0.05) is 6.07 Å². The zero-order chi connectivity index (χ0) is 20.4. The second kappa shape index (κ2) is 8.44. The first-order chi connectivity index (χ1) is 13.3. The first kappa shape index (κ1) is 21.2. The number of primary amides is 1. The molecule has 2 N–H and O–H groups in total. The number of aromatic nitrogens is 1. The summed E-state index contributed by atoms with van der Waals surface area (Å²) in [5, 5.41) is 0. The number of carbonyl (C=O) groups is 1. The lowest BCUT2D eigenvalue weighted by atomic mass is 9.87. The lowest BCUT2D eigenvalue weighted by Crippen LogP contribution is -2.60. The van der Waals surface area contributed by atoms with Crippen molar-refractivity contribution in [3.8, 4) is 0 Å². The molecule has 0 spiro atoms. The molecule has 0 aliphatic carbocycles. The molecule has 2 saturated heterocycles. The van der Waals surface area contributed by atoms with Crippen molar-refractivity contribution in [2.24, 2.45) is 5.73 Å². The third kappa shape index (κ3) is 4.37. The van der Waals surface area contributed by atoms with Crippen molar-refractivity contribution in [2.75, 3.05) is 26.5 Å². The Balaban J connectivity index is 1.75. The zero-order valence-electron chi connectivity index (χ0n) is 16.5. The fraction of sp³-hybridized carbons (Fsp3) is 0.632. The Morgan fingerprint density at radius 3 is 2.93 bits per heavy atom. The maximum Gasteiger partial charge on any atom is 0.237 e. The van der Waals surface area contributed by atoms with Gasteiger partial charge in [-0.05, 0) is 43.7 Å². The van der Waals surface area contributed by atoms with Crippen LogP contribution in [0, 0.1) is 6.42 Å². The molecule has 8 nitrogen and oxygen atoms in total. The normalized spacial score (nSPS) is 26.5. The van der Waals surface area contributed by atoms with Gasteiger partial charge in [-0.15, -0.1) is 0 Å². The Morgan fingerprint density at radius 2 is 2.32 bits per heavy atom. The number of carbonyl (C=O) groups excluding carboxylic acids is 1. The van der Waals surface area contributed by atoms with Crippen LogP contribution in [0.3, 0.4) is 0 Å². The molecule has 2 fully saturated rings. The molecule has 2 aliphatic heterocycles. The highest BCUT2D eigenvalue weighted by atomic mass is 32.2. The average molecular weight is 410 g/mol. The molecular formula is C19H29N4O4S. The Morgan fingerprint density at radius 1 is 1.54 bits per heavy atom. The van der Waals surface area contributed by atoms with Gasteiger partial charge in [-0.2, -0.15) is 4.31 Å². The van der Waals surface area contributed by atoms with Crippen LogP contribution in [-0.4, -0.2) is 72.7 Å². The van der Waals surface area contributed by atoms with E-state index in [-0.39, 0.29) is 31.1 Å². The molecule has 2 aliphatic rings. The van der Waals surface area contributed by atoms with Crippen molar-refractivity contribution in [3.05, 3.63) is 36.5 Å². The summed E-state index contributed by atoms with van der Waals surface area (Å²) in [7, 11) is -1.87. The van der Waals surface area contributed by atoms with E-state index in [1.165, 1.54) is 10.6 Å². The highest BCUT2D eigenvalue weighted by molar-refractivity contribution is 7.88. The maximum atomic E-state index is 12.3.